The number of benzene rings is 1. The molecule has 0 N–H and O–H groups in total. The standard InChI is InChI=1S/C16H23NO/c1-3-14-8-7-11-17(12-14)13(2)16(18)15-9-5-4-6-10-15/h4-6,9-10,13-14H,3,7-8,11-12H2,1-2H3. The van der Waals surface area contributed by atoms with Crippen molar-refractivity contribution in [3.63, 3.8) is 0 Å². The first kappa shape index (κ1) is 13.3. The number of carbonyl (C=O) groups excluding carboxylic acids is 1. The number of hydrogen-bond donors (Lipinski definition) is 0. The minimum Gasteiger partial charge on any atom is -0.293 e. The van der Waals surface area contributed by atoms with Gasteiger partial charge in [-0.25, -0.2) is 0 Å². The first-order chi connectivity index (χ1) is 8.72. The van der Waals surface area contributed by atoms with E-state index in [1.165, 1.54) is 19.3 Å². The molecule has 1 aromatic carbocycles. The number of piperidine rings is 1. The van der Waals surface area contributed by atoms with Crippen LogP contribution in [0.3, 0.4) is 0 Å². The molecule has 0 amide bonds. The second-order valence-electron chi connectivity index (χ2n) is 5.32. The van der Waals surface area contributed by atoms with Crippen LogP contribution >= 0.6 is 0 Å². The number of rotatable bonds is 4. The lowest BCUT2D eigenvalue weighted by molar-refractivity contribution is 0.0749. The maximum Gasteiger partial charge on any atom is 0.179 e. The molecule has 2 nitrogen and oxygen atoms in total. The minimum absolute atomic E-state index is 0.0155. The molecule has 1 aliphatic rings. The molecule has 0 aromatic heterocycles. The Hall–Kier alpha value is -1.15. The first-order valence-electron chi connectivity index (χ1n) is 7.05. The predicted octanol–water partition coefficient (Wildman–Crippen LogP) is 3.38. The van der Waals surface area contributed by atoms with Gasteiger partial charge in [0.25, 0.3) is 0 Å². The molecule has 0 bridgehead atoms. The van der Waals surface area contributed by atoms with E-state index in [0.29, 0.717) is 0 Å². The van der Waals surface area contributed by atoms with Crippen LogP contribution in [0.15, 0.2) is 30.3 Å². The van der Waals surface area contributed by atoms with Crippen LogP contribution in [0.25, 0.3) is 0 Å². The second kappa shape index (κ2) is 6.14. The summed E-state index contributed by atoms with van der Waals surface area (Å²) < 4.78 is 0. The fourth-order valence-corrected chi connectivity index (χ4v) is 2.79. The summed E-state index contributed by atoms with van der Waals surface area (Å²) in [4.78, 5) is 14.8. The Morgan fingerprint density at radius 3 is 2.78 bits per heavy atom. The monoisotopic (exact) mass is 245 g/mol. The van der Waals surface area contributed by atoms with E-state index >= 15 is 0 Å². The smallest absolute Gasteiger partial charge is 0.179 e. The summed E-state index contributed by atoms with van der Waals surface area (Å²) in [6.45, 7) is 6.44. The lowest BCUT2D eigenvalue weighted by atomic mass is 9.93. The zero-order chi connectivity index (χ0) is 13.0. The van der Waals surface area contributed by atoms with Gasteiger partial charge in [0.1, 0.15) is 0 Å². The Morgan fingerprint density at radius 2 is 2.11 bits per heavy atom. The molecule has 1 aromatic rings. The van der Waals surface area contributed by atoms with Crippen molar-refractivity contribution in [2.75, 3.05) is 13.1 Å². The van der Waals surface area contributed by atoms with E-state index in [1.54, 1.807) is 0 Å². The van der Waals surface area contributed by atoms with E-state index < -0.39 is 0 Å². The first-order valence-corrected chi connectivity index (χ1v) is 7.05. The summed E-state index contributed by atoms with van der Waals surface area (Å²) >= 11 is 0. The van der Waals surface area contributed by atoms with Gasteiger partial charge in [0.15, 0.2) is 5.78 Å². The van der Waals surface area contributed by atoms with Crippen LogP contribution in [0.2, 0.25) is 0 Å². The molecular formula is C16H23NO. The maximum atomic E-state index is 12.4. The fraction of sp³-hybridized carbons (Fsp3) is 0.562. The van der Waals surface area contributed by atoms with Gasteiger partial charge >= 0.3 is 0 Å². The lowest BCUT2D eigenvalue weighted by Gasteiger charge is -2.35. The molecule has 18 heavy (non-hydrogen) atoms. The Bertz CT molecular complexity index is 387. The van der Waals surface area contributed by atoms with Crippen molar-refractivity contribution >= 4 is 5.78 Å². The van der Waals surface area contributed by atoms with Crippen molar-refractivity contribution in [2.24, 2.45) is 5.92 Å². The molecule has 2 rings (SSSR count). The molecule has 2 atom stereocenters. The summed E-state index contributed by atoms with van der Waals surface area (Å²) in [7, 11) is 0. The maximum absolute atomic E-state index is 12.4. The van der Waals surface area contributed by atoms with E-state index in [0.717, 1.165) is 24.6 Å². The Labute approximate surface area is 110 Å². The summed E-state index contributed by atoms with van der Waals surface area (Å²) in [6, 6.07) is 9.67. The van der Waals surface area contributed by atoms with Crippen molar-refractivity contribution in [3.05, 3.63) is 35.9 Å². The van der Waals surface area contributed by atoms with Crippen molar-refractivity contribution in [2.45, 2.75) is 39.2 Å². The van der Waals surface area contributed by atoms with Gasteiger partial charge in [-0.05, 0) is 32.2 Å². The third-order valence-electron chi connectivity index (χ3n) is 4.11. The fourth-order valence-electron chi connectivity index (χ4n) is 2.79. The molecule has 1 aliphatic heterocycles. The van der Waals surface area contributed by atoms with Gasteiger partial charge in [0.05, 0.1) is 6.04 Å². The summed E-state index contributed by atoms with van der Waals surface area (Å²) in [6.07, 6.45) is 3.77. The van der Waals surface area contributed by atoms with Crippen LogP contribution in [-0.2, 0) is 0 Å². The highest BCUT2D eigenvalue weighted by Crippen LogP contribution is 2.22. The van der Waals surface area contributed by atoms with E-state index in [9.17, 15) is 4.79 Å². The topological polar surface area (TPSA) is 20.3 Å². The Morgan fingerprint density at radius 1 is 1.39 bits per heavy atom. The van der Waals surface area contributed by atoms with Crippen LogP contribution in [-0.4, -0.2) is 29.8 Å². The van der Waals surface area contributed by atoms with E-state index in [-0.39, 0.29) is 11.8 Å². The van der Waals surface area contributed by atoms with E-state index in [1.807, 2.05) is 37.3 Å². The Kier molecular flexibility index (Phi) is 4.54. The normalized spacial score (nSPS) is 22.7. The Balaban J connectivity index is 2.02. The molecule has 1 heterocycles. The van der Waals surface area contributed by atoms with E-state index in [2.05, 4.69) is 11.8 Å². The molecular weight excluding hydrogens is 222 g/mol. The predicted molar refractivity (Wildman–Crippen MR) is 74.8 cm³/mol. The van der Waals surface area contributed by atoms with Gasteiger partial charge < -0.3 is 0 Å². The van der Waals surface area contributed by atoms with Crippen LogP contribution in [0.1, 0.15) is 43.5 Å². The molecule has 0 radical (unpaired) electrons. The average Bonchev–Trinajstić information content (AvgIpc) is 2.46. The second-order valence-corrected chi connectivity index (χ2v) is 5.32. The highest BCUT2D eigenvalue weighted by molar-refractivity contribution is 5.99. The third kappa shape index (κ3) is 2.99. The van der Waals surface area contributed by atoms with E-state index in [4.69, 9.17) is 0 Å². The third-order valence-corrected chi connectivity index (χ3v) is 4.11. The zero-order valence-corrected chi connectivity index (χ0v) is 11.4. The molecule has 2 heteroatoms. The van der Waals surface area contributed by atoms with Gasteiger partial charge in [0.2, 0.25) is 0 Å². The molecule has 1 saturated heterocycles. The summed E-state index contributed by atoms with van der Waals surface area (Å²) in [5.74, 6) is 1.03. The minimum atomic E-state index is 0.0155. The number of ketones is 1. The quantitative estimate of drug-likeness (QED) is 0.758. The number of hydrogen-bond acceptors (Lipinski definition) is 2. The number of carbonyl (C=O) groups is 1. The van der Waals surface area contributed by atoms with Crippen LogP contribution in [0, 0.1) is 5.92 Å². The average molecular weight is 245 g/mol. The lowest BCUT2D eigenvalue weighted by Crippen LogP contribution is -2.45. The van der Waals surface area contributed by atoms with Crippen LogP contribution in [0.4, 0.5) is 0 Å². The number of nitrogens with zero attached hydrogens (tertiary/aromatic N) is 1. The molecule has 0 saturated carbocycles. The summed E-state index contributed by atoms with van der Waals surface area (Å²) in [5, 5.41) is 0. The van der Waals surface area contributed by atoms with Gasteiger partial charge in [-0.1, -0.05) is 43.7 Å². The van der Waals surface area contributed by atoms with Gasteiger partial charge in [-0.3, -0.25) is 9.69 Å². The molecule has 2 unspecified atom stereocenters. The molecule has 98 valence electrons. The number of Topliss-reactive ketones (excluding diaryl/α,β-unsaturated/α-hetero) is 1. The van der Waals surface area contributed by atoms with Crippen LogP contribution < -0.4 is 0 Å². The largest absolute Gasteiger partial charge is 0.293 e. The molecule has 0 aliphatic carbocycles. The van der Waals surface area contributed by atoms with Gasteiger partial charge in [-0.2, -0.15) is 0 Å². The van der Waals surface area contributed by atoms with Crippen LogP contribution in [0.5, 0.6) is 0 Å². The zero-order valence-electron chi connectivity index (χ0n) is 11.4. The number of likely N-dealkylation sites (tertiary alicyclic amines) is 1. The van der Waals surface area contributed by atoms with Crippen molar-refractivity contribution < 1.29 is 4.79 Å². The van der Waals surface area contributed by atoms with Crippen molar-refractivity contribution in [3.8, 4) is 0 Å². The SMILES string of the molecule is CCC1CCCN(C(C)C(=O)c2ccccc2)C1. The highest BCUT2D eigenvalue weighted by Gasteiger charge is 2.26. The van der Waals surface area contributed by atoms with Crippen molar-refractivity contribution in [1.29, 1.82) is 0 Å². The summed E-state index contributed by atoms with van der Waals surface area (Å²) in [5.41, 5.74) is 0.837. The van der Waals surface area contributed by atoms with Gasteiger partial charge in [-0.15, -0.1) is 0 Å². The van der Waals surface area contributed by atoms with Crippen molar-refractivity contribution in [1.82, 2.24) is 4.90 Å². The molecule has 1 fully saturated rings. The highest BCUT2D eigenvalue weighted by atomic mass is 16.1. The molecule has 0 spiro atoms. The van der Waals surface area contributed by atoms with Gasteiger partial charge in [0, 0.05) is 12.1 Å².